The molecule has 1 saturated heterocycles. The number of hydrogen-bond donors (Lipinski definition) is 2. The van der Waals surface area contributed by atoms with Crippen molar-refractivity contribution in [1.29, 1.82) is 0 Å². The smallest absolute Gasteiger partial charge is 0.306 e. The molecule has 16 heavy (non-hydrogen) atoms. The Kier molecular flexibility index (Phi) is 3.14. The molecule has 2 fully saturated rings. The molecule has 0 bridgehead atoms. The molecule has 2 aliphatic rings. The van der Waals surface area contributed by atoms with Gasteiger partial charge in [0.25, 0.3) is 0 Å². The Bertz CT molecular complexity index is 298. The molecular formula is C11H17NO4. The van der Waals surface area contributed by atoms with Crippen molar-refractivity contribution in [2.75, 3.05) is 19.7 Å². The summed E-state index contributed by atoms with van der Waals surface area (Å²) < 4.78 is 0. The average Bonchev–Trinajstić information content (AvgIpc) is 2.64. The summed E-state index contributed by atoms with van der Waals surface area (Å²) in [5, 5.41) is 17.7. The predicted molar refractivity (Wildman–Crippen MR) is 55.6 cm³/mol. The number of amides is 1. The van der Waals surface area contributed by atoms with Gasteiger partial charge in [-0.3, -0.25) is 9.59 Å². The molecule has 2 atom stereocenters. The summed E-state index contributed by atoms with van der Waals surface area (Å²) in [6, 6.07) is 0. The summed E-state index contributed by atoms with van der Waals surface area (Å²) in [4.78, 5) is 24.4. The lowest BCUT2D eigenvalue weighted by Gasteiger charge is -2.39. The number of carboxylic acids is 1. The first-order chi connectivity index (χ1) is 7.61. The van der Waals surface area contributed by atoms with E-state index in [-0.39, 0.29) is 30.3 Å². The minimum absolute atomic E-state index is 0.0773. The van der Waals surface area contributed by atoms with Gasteiger partial charge in [-0.05, 0) is 19.3 Å². The van der Waals surface area contributed by atoms with Crippen LogP contribution in [0.1, 0.15) is 19.3 Å². The third kappa shape index (κ3) is 2.04. The molecule has 5 heteroatoms. The van der Waals surface area contributed by atoms with Crippen LogP contribution in [0.2, 0.25) is 0 Å². The van der Waals surface area contributed by atoms with Crippen molar-refractivity contribution in [2.24, 2.45) is 17.8 Å². The zero-order valence-corrected chi connectivity index (χ0v) is 9.13. The van der Waals surface area contributed by atoms with Crippen LogP contribution in [0.5, 0.6) is 0 Å². The number of rotatable bonds is 3. The van der Waals surface area contributed by atoms with Gasteiger partial charge >= 0.3 is 5.97 Å². The minimum atomic E-state index is -0.785. The standard InChI is InChI=1S/C11H17NO4/c13-6-7-4-12(5-7)10(14)8-1-2-9(3-8)11(15)16/h7-9,13H,1-6H2,(H,15,16)/t8-,9+/m1/s1. The van der Waals surface area contributed by atoms with Crippen LogP contribution in [0.15, 0.2) is 0 Å². The van der Waals surface area contributed by atoms with Gasteiger partial charge in [-0.15, -0.1) is 0 Å². The Morgan fingerprint density at radius 1 is 1.19 bits per heavy atom. The fraction of sp³-hybridized carbons (Fsp3) is 0.818. The summed E-state index contributed by atoms with van der Waals surface area (Å²) in [5.74, 6) is -0.939. The Morgan fingerprint density at radius 3 is 2.31 bits per heavy atom. The molecule has 0 unspecified atom stereocenters. The Balaban J connectivity index is 1.81. The molecule has 1 aliphatic carbocycles. The molecule has 1 amide bonds. The van der Waals surface area contributed by atoms with Crippen molar-refractivity contribution in [3.05, 3.63) is 0 Å². The molecule has 1 saturated carbocycles. The second-order valence-corrected chi connectivity index (χ2v) is 4.84. The van der Waals surface area contributed by atoms with E-state index in [1.807, 2.05) is 0 Å². The molecule has 90 valence electrons. The first kappa shape index (κ1) is 11.4. The SMILES string of the molecule is O=C(O)[C@H]1CC[C@@H](C(=O)N2CC(CO)C2)C1. The number of aliphatic hydroxyl groups is 1. The zero-order chi connectivity index (χ0) is 11.7. The highest BCUT2D eigenvalue weighted by Crippen LogP contribution is 2.33. The summed E-state index contributed by atoms with van der Waals surface area (Å²) in [6.45, 7) is 1.39. The van der Waals surface area contributed by atoms with E-state index in [9.17, 15) is 9.59 Å². The summed E-state index contributed by atoms with van der Waals surface area (Å²) in [6.07, 6.45) is 1.79. The summed E-state index contributed by atoms with van der Waals surface area (Å²) in [7, 11) is 0. The van der Waals surface area contributed by atoms with Crippen molar-refractivity contribution in [2.45, 2.75) is 19.3 Å². The summed E-state index contributed by atoms with van der Waals surface area (Å²) >= 11 is 0. The number of carbonyl (C=O) groups excluding carboxylic acids is 1. The maximum absolute atomic E-state index is 11.9. The Labute approximate surface area is 94.0 Å². The maximum atomic E-state index is 11.9. The Hall–Kier alpha value is -1.10. The monoisotopic (exact) mass is 227 g/mol. The van der Waals surface area contributed by atoms with Crippen LogP contribution in [-0.4, -0.2) is 46.7 Å². The van der Waals surface area contributed by atoms with E-state index >= 15 is 0 Å². The lowest BCUT2D eigenvalue weighted by molar-refractivity contribution is -0.143. The number of carboxylic acid groups (broad SMARTS) is 1. The minimum Gasteiger partial charge on any atom is -0.481 e. The number of aliphatic hydroxyl groups excluding tert-OH is 1. The molecule has 0 spiro atoms. The first-order valence-corrected chi connectivity index (χ1v) is 5.74. The lowest BCUT2D eigenvalue weighted by Crippen LogP contribution is -2.53. The molecule has 0 aromatic carbocycles. The van der Waals surface area contributed by atoms with E-state index < -0.39 is 5.97 Å². The van der Waals surface area contributed by atoms with Gasteiger partial charge in [0.15, 0.2) is 0 Å². The largest absolute Gasteiger partial charge is 0.481 e. The Morgan fingerprint density at radius 2 is 1.81 bits per heavy atom. The molecule has 2 rings (SSSR count). The second-order valence-electron chi connectivity index (χ2n) is 4.84. The normalized spacial score (nSPS) is 30.2. The molecule has 0 radical (unpaired) electrons. The van der Waals surface area contributed by atoms with Crippen LogP contribution < -0.4 is 0 Å². The lowest BCUT2D eigenvalue weighted by atomic mass is 9.96. The van der Waals surface area contributed by atoms with E-state index in [0.717, 1.165) is 0 Å². The molecule has 1 aliphatic heterocycles. The van der Waals surface area contributed by atoms with E-state index in [4.69, 9.17) is 10.2 Å². The second kappa shape index (κ2) is 4.41. The number of carbonyl (C=O) groups is 2. The average molecular weight is 227 g/mol. The quantitative estimate of drug-likeness (QED) is 0.708. The van der Waals surface area contributed by atoms with E-state index in [1.54, 1.807) is 4.90 Å². The van der Waals surface area contributed by atoms with Crippen molar-refractivity contribution >= 4 is 11.9 Å². The van der Waals surface area contributed by atoms with Gasteiger partial charge in [0.2, 0.25) is 5.91 Å². The van der Waals surface area contributed by atoms with Gasteiger partial charge in [0.1, 0.15) is 0 Å². The van der Waals surface area contributed by atoms with Crippen molar-refractivity contribution < 1.29 is 19.8 Å². The van der Waals surface area contributed by atoms with E-state index in [0.29, 0.717) is 32.4 Å². The molecule has 0 aromatic heterocycles. The van der Waals surface area contributed by atoms with Gasteiger partial charge in [-0.25, -0.2) is 0 Å². The van der Waals surface area contributed by atoms with Crippen molar-refractivity contribution in [1.82, 2.24) is 4.90 Å². The molecule has 0 aromatic rings. The molecule has 5 nitrogen and oxygen atoms in total. The van der Waals surface area contributed by atoms with Crippen molar-refractivity contribution in [3.8, 4) is 0 Å². The van der Waals surface area contributed by atoms with Crippen LogP contribution in [0, 0.1) is 17.8 Å². The number of hydrogen-bond acceptors (Lipinski definition) is 3. The molecular weight excluding hydrogens is 210 g/mol. The fourth-order valence-electron chi connectivity index (χ4n) is 2.55. The van der Waals surface area contributed by atoms with Crippen molar-refractivity contribution in [3.63, 3.8) is 0 Å². The maximum Gasteiger partial charge on any atom is 0.306 e. The number of nitrogens with zero attached hydrogens (tertiary/aromatic N) is 1. The van der Waals surface area contributed by atoms with Gasteiger partial charge in [0, 0.05) is 31.5 Å². The van der Waals surface area contributed by atoms with Crippen LogP contribution in [0.3, 0.4) is 0 Å². The topological polar surface area (TPSA) is 77.8 Å². The highest BCUT2D eigenvalue weighted by atomic mass is 16.4. The highest BCUT2D eigenvalue weighted by molar-refractivity contribution is 5.81. The number of aliphatic carboxylic acids is 1. The predicted octanol–water partition coefficient (Wildman–Crippen LogP) is -0.0620. The van der Waals surface area contributed by atoms with Gasteiger partial charge < -0.3 is 15.1 Å². The van der Waals surface area contributed by atoms with E-state index in [2.05, 4.69) is 0 Å². The highest BCUT2D eigenvalue weighted by Gasteiger charge is 2.39. The van der Waals surface area contributed by atoms with Gasteiger partial charge in [0.05, 0.1) is 5.92 Å². The number of likely N-dealkylation sites (tertiary alicyclic amines) is 1. The molecule has 2 N–H and O–H groups in total. The van der Waals surface area contributed by atoms with E-state index in [1.165, 1.54) is 0 Å². The zero-order valence-electron chi connectivity index (χ0n) is 9.13. The van der Waals surface area contributed by atoms with Gasteiger partial charge in [-0.1, -0.05) is 0 Å². The molecule has 1 heterocycles. The van der Waals surface area contributed by atoms with Crippen LogP contribution in [-0.2, 0) is 9.59 Å². The van der Waals surface area contributed by atoms with Crippen LogP contribution in [0.25, 0.3) is 0 Å². The van der Waals surface area contributed by atoms with Crippen LogP contribution >= 0.6 is 0 Å². The first-order valence-electron chi connectivity index (χ1n) is 5.74. The summed E-state index contributed by atoms with van der Waals surface area (Å²) in [5.41, 5.74) is 0. The van der Waals surface area contributed by atoms with Gasteiger partial charge in [-0.2, -0.15) is 0 Å². The fourth-order valence-corrected chi connectivity index (χ4v) is 2.55. The third-order valence-electron chi connectivity index (χ3n) is 3.66. The third-order valence-corrected chi connectivity index (χ3v) is 3.66. The van der Waals surface area contributed by atoms with Crippen LogP contribution in [0.4, 0.5) is 0 Å².